The number of carbonyl (C=O) groups excluding carboxylic acids is 1. The molecule has 6 heteroatoms. The molecule has 2 aliphatic heterocycles. The van der Waals surface area contributed by atoms with Crippen LogP contribution in [0.3, 0.4) is 0 Å². The number of hydrogen-bond acceptors (Lipinski definition) is 4. The first-order valence-corrected chi connectivity index (χ1v) is 9.52. The number of nitrogens with one attached hydrogen (secondary N) is 1. The average molecular weight is 362 g/mol. The molecule has 1 N–H and O–H groups in total. The second kappa shape index (κ2) is 9.35. The Kier molecular flexibility index (Phi) is 6.88. The van der Waals surface area contributed by atoms with Crippen LogP contribution in [-0.4, -0.2) is 62.7 Å². The minimum atomic E-state index is -0.133. The number of nitrogens with zero attached hydrogens (tertiary/aromatic N) is 1. The van der Waals surface area contributed by atoms with Gasteiger partial charge in [0.25, 0.3) is 0 Å². The van der Waals surface area contributed by atoms with Crippen LogP contribution in [0.25, 0.3) is 0 Å². The zero-order chi connectivity index (χ0) is 18.2. The number of rotatable bonds is 6. The Morgan fingerprint density at radius 2 is 2.04 bits per heavy atom. The summed E-state index contributed by atoms with van der Waals surface area (Å²) >= 11 is 0. The molecule has 2 aliphatic rings. The van der Waals surface area contributed by atoms with Crippen molar-refractivity contribution in [3.63, 3.8) is 0 Å². The third-order valence-electron chi connectivity index (χ3n) is 5.34. The van der Waals surface area contributed by atoms with Crippen LogP contribution in [0.5, 0.6) is 0 Å². The first-order chi connectivity index (χ1) is 12.7. The topological polar surface area (TPSA) is 60.0 Å². The van der Waals surface area contributed by atoms with Gasteiger partial charge in [0.1, 0.15) is 0 Å². The van der Waals surface area contributed by atoms with Gasteiger partial charge >= 0.3 is 6.03 Å². The molecule has 0 bridgehead atoms. The van der Waals surface area contributed by atoms with E-state index in [9.17, 15) is 4.79 Å². The van der Waals surface area contributed by atoms with E-state index in [2.05, 4.69) is 5.32 Å². The van der Waals surface area contributed by atoms with Gasteiger partial charge < -0.3 is 24.4 Å². The van der Waals surface area contributed by atoms with Gasteiger partial charge in [-0.2, -0.15) is 0 Å². The highest BCUT2D eigenvalue weighted by molar-refractivity contribution is 5.74. The summed E-state index contributed by atoms with van der Waals surface area (Å²) in [6.45, 7) is 4.01. The average Bonchev–Trinajstić information content (AvgIpc) is 2.68. The van der Waals surface area contributed by atoms with Crippen molar-refractivity contribution in [2.75, 3.05) is 40.0 Å². The SMILES string of the molecule is COCCOC1CCOC2(CCN(C(=O)NCc3ccccc3)CC2)C1. The van der Waals surface area contributed by atoms with E-state index in [0.717, 1.165) is 50.9 Å². The lowest BCUT2D eigenvalue weighted by Gasteiger charge is -2.46. The van der Waals surface area contributed by atoms with Crippen LogP contribution in [0.15, 0.2) is 30.3 Å². The molecule has 2 heterocycles. The number of piperidine rings is 1. The first-order valence-electron chi connectivity index (χ1n) is 9.52. The molecule has 2 fully saturated rings. The second-order valence-corrected chi connectivity index (χ2v) is 7.14. The minimum Gasteiger partial charge on any atom is -0.382 e. The van der Waals surface area contributed by atoms with Gasteiger partial charge in [-0.25, -0.2) is 4.79 Å². The van der Waals surface area contributed by atoms with E-state index >= 15 is 0 Å². The molecular formula is C20H30N2O4. The smallest absolute Gasteiger partial charge is 0.317 e. The molecule has 144 valence electrons. The van der Waals surface area contributed by atoms with Crippen molar-refractivity contribution in [3.05, 3.63) is 35.9 Å². The van der Waals surface area contributed by atoms with Gasteiger partial charge in [0.05, 0.1) is 24.9 Å². The monoisotopic (exact) mass is 362 g/mol. The Hall–Kier alpha value is -1.63. The van der Waals surface area contributed by atoms with Crippen molar-refractivity contribution >= 4 is 6.03 Å². The number of ether oxygens (including phenoxy) is 3. The van der Waals surface area contributed by atoms with E-state index in [-0.39, 0.29) is 17.7 Å². The summed E-state index contributed by atoms with van der Waals surface area (Å²) in [5.74, 6) is 0. The summed E-state index contributed by atoms with van der Waals surface area (Å²) in [7, 11) is 1.69. The lowest BCUT2D eigenvalue weighted by molar-refractivity contribution is -0.154. The molecule has 0 radical (unpaired) electrons. The van der Waals surface area contributed by atoms with Crippen LogP contribution in [0, 0.1) is 0 Å². The summed E-state index contributed by atoms with van der Waals surface area (Å²) in [4.78, 5) is 14.3. The first kappa shape index (κ1) is 19.1. The van der Waals surface area contributed by atoms with Gasteiger partial charge in [-0.1, -0.05) is 30.3 Å². The Morgan fingerprint density at radius 1 is 1.27 bits per heavy atom. The van der Waals surface area contributed by atoms with E-state index < -0.39 is 0 Å². The Balaban J connectivity index is 1.43. The summed E-state index contributed by atoms with van der Waals surface area (Å²) in [6.07, 6.45) is 3.83. The molecule has 1 aromatic carbocycles. The maximum absolute atomic E-state index is 12.4. The molecule has 0 saturated carbocycles. The molecule has 26 heavy (non-hydrogen) atoms. The highest BCUT2D eigenvalue weighted by Crippen LogP contribution is 2.36. The van der Waals surface area contributed by atoms with Crippen molar-refractivity contribution in [1.82, 2.24) is 10.2 Å². The van der Waals surface area contributed by atoms with Crippen molar-refractivity contribution < 1.29 is 19.0 Å². The van der Waals surface area contributed by atoms with Crippen LogP contribution < -0.4 is 5.32 Å². The fourth-order valence-electron chi connectivity index (χ4n) is 3.77. The van der Waals surface area contributed by atoms with Crippen LogP contribution in [0.1, 0.15) is 31.2 Å². The van der Waals surface area contributed by atoms with E-state index in [1.807, 2.05) is 35.2 Å². The van der Waals surface area contributed by atoms with E-state index in [1.54, 1.807) is 7.11 Å². The Labute approximate surface area is 155 Å². The fraction of sp³-hybridized carbons (Fsp3) is 0.650. The van der Waals surface area contributed by atoms with E-state index in [0.29, 0.717) is 19.8 Å². The number of carbonyl (C=O) groups is 1. The quantitative estimate of drug-likeness (QED) is 0.790. The summed E-state index contributed by atoms with van der Waals surface area (Å²) in [5.41, 5.74) is 0.979. The molecule has 1 spiro atoms. The van der Waals surface area contributed by atoms with Crippen molar-refractivity contribution in [1.29, 1.82) is 0 Å². The summed E-state index contributed by atoms with van der Waals surface area (Å²) in [5, 5.41) is 3.01. The van der Waals surface area contributed by atoms with Gasteiger partial charge in [0, 0.05) is 39.8 Å². The number of amides is 2. The summed E-state index contributed by atoms with van der Waals surface area (Å²) < 4.78 is 17.1. The Morgan fingerprint density at radius 3 is 2.77 bits per heavy atom. The maximum Gasteiger partial charge on any atom is 0.317 e. The number of urea groups is 1. The molecule has 1 aromatic rings. The van der Waals surface area contributed by atoms with Gasteiger partial charge in [-0.15, -0.1) is 0 Å². The summed E-state index contributed by atoms with van der Waals surface area (Å²) in [6, 6.07) is 9.99. The molecular weight excluding hydrogens is 332 g/mol. The number of hydrogen-bond donors (Lipinski definition) is 1. The standard InChI is InChI=1S/C20H30N2O4/c1-24-13-14-25-18-7-12-26-20(15-18)8-10-22(11-9-20)19(23)21-16-17-5-3-2-4-6-17/h2-6,18H,7-16H2,1H3,(H,21,23). The zero-order valence-electron chi connectivity index (χ0n) is 15.6. The maximum atomic E-state index is 12.4. The minimum absolute atomic E-state index is 0.00686. The van der Waals surface area contributed by atoms with Crippen LogP contribution in [-0.2, 0) is 20.8 Å². The molecule has 0 aromatic heterocycles. The van der Waals surface area contributed by atoms with Crippen LogP contribution in [0.2, 0.25) is 0 Å². The molecule has 2 saturated heterocycles. The molecule has 2 amide bonds. The zero-order valence-corrected chi connectivity index (χ0v) is 15.6. The van der Waals surface area contributed by atoms with Crippen molar-refractivity contribution in [2.24, 2.45) is 0 Å². The molecule has 0 aliphatic carbocycles. The van der Waals surface area contributed by atoms with Crippen LogP contribution in [0.4, 0.5) is 4.79 Å². The number of likely N-dealkylation sites (tertiary alicyclic amines) is 1. The number of methoxy groups -OCH3 is 1. The molecule has 1 atom stereocenters. The van der Waals surface area contributed by atoms with Gasteiger partial charge in [-0.05, 0) is 24.8 Å². The fourth-order valence-corrected chi connectivity index (χ4v) is 3.77. The highest BCUT2D eigenvalue weighted by atomic mass is 16.5. The van der Waals surface area contributed by atoms with E-state index in [4.69, 9.17) is 14.2 Å². The molecule has 3 rings (SSSR count). The number of benzene rings is 1. The Bertz CT molecular complexity index is 558. The third kappa shape index (κ3) is 5.19. The van der Waals surface area contributed by atoms with E-state index in [1.165, 1.54) is 0 Å². The molecule has 1 unspecified atom stereocenters. The normalized spacial score (nSPS) is 22.3. The van der Waals surface area contributed by atoms with Gasteiger partial charge in [-0.3, -0.25) is 0 Å². The van der Waals surface area contributed by atoms with Crippen molar-refractivity contribution in [2.45, 2.75) is 43.9 Å². The lowest BCUT2D eigenvalue weighted by Crippen LogP contribution is -2.53. The predicted octanol–water partition coefficient (Wildman–Crippen LogP) is 2.57. The van der Waals surface area contributed by atoms with Crippen molar-refractivity contribution in [3.8, 4) is 0 Å². The van der Waals surface area contributed by atoms with Gasteiger partial charge in [0.15, 0.2) is 0 Å². The highest BCUT2D eigenvalue weighted by Gasteiger charge is 2.41. The molecule has 6 nitrogen and oxygen atoms in total. The largest absolute Gasteiger partial charge is 0.382 e. The predicted molar refractivity (Wildman–Crippen MR) is 99.0 cm³/mol. The lowest BCUT2D eigenvalue weighted by atomic mass is 9.83. The van der Waals surface area contributed by atoms with Crippen LogP contribution >= 0.6 is 0 Å². The van der Waals surface area contributed by atoms with Gasteiger partial charge in [0.2, 0.25) is 0 Å². The second-order valence-electron chi connectivity index (χ2n) is 7.14. The third-order valence-corrected chi connectivity index (χ3v) is 5.34.